The summed E-state index contributed by atoms with van der Waals surface area (Å²) in [6.45, 7) is 2.27. The van der Waals surface area contributed by atoms with Gasteiger partial charge in [0.25, 0.3) is 0 Å². The largest absolute Gasteiger partial charge is 0.497 e. The molecule has 6 nitrogen and oxygen atoms in total. The third-order valence-corrected chi connectivity index (χ3v) is 4.82. The summed E-state index contributed by atoms with van der Waals surface area (Å²) in [5.74, 6) is 1.91. The molecule has 146 valence electrons. The third kappa shape index (κ3) is 3.93. The maximum Gasteiger partial charge on any atom is 0.336 e. The first-order valence-corrected chi connectivity index (χ1v) is 9.41. The number of benzene rings is 2. The van der Waals surface area contributed by atoms with Gasteiger partial charge in [0, 0.05) is 37.0 Å². The number of methoxy groups -OCH3 is 1. The van der Waals surface area contributed by atoms with Gasteiger partial charge in [0.05, 0.1) is 25.3 Å². The van der Waals surface area contributed by atoms with Crippen molar-refractivity contribution in [2.24, 2.45) is 0 Å². The van der Waals surface area contributed by atoms with Crippen molar-refractivity contribution in [3.8, 4) is 17.2 Å². The molecule has 0 saturated heterocycles. The first kappa shape index (κ1) is 18.7. The van der Waals surface area contributed by atoms with E-state index in [1.165, 1.54) is 6.07 Å². The van der Waals surface area contributed by atoms with Crippen LogP contribution in [-0.4, -0.2) is 20.3 Å². The van der Waals surface area contributed by atoms with Crippen LogP contribution in [-0.2, 0) is 13.1 Å². The Morgan fingerprint density at radius 2 is 1.96 bits per heavy atom. The summed E-state index contributed by atoms with van der Waals surface area (Å²) >= 11 is 6.34. The summed E-state index contributed by atoms with van der Waals surface area (Å²) in [5, 5.41) is 4.75. The molecule has 1 aromatic heterocycles. The van der Waals surface area contributed by atoms with Crippen LogP contribution in [0.5, 0.6) is 17.2 Å². The molecule has 4 rings (SSSR count). The van der Waals surface area contributed by atoms with Gasteiger partial charge in [-0.05, 0) is 35.4 Å². The number of ether oxygens (including phenoxy) is 3. The normalized spacial score (nSPS) is 13.4. The molecule has 2 heterocycles. The molecular weight excluding hydrogens is 382 g/mol. The molecule has 0 bridgehead atoms. The summed E-state index contributed by atoms with van der Waals surface area (Å²) in [7, 11) is 1.57. The molecule has 3 aromatic rings. The van der Waals surface area contributed by atoms with E-state index in [4.69, 9.17) is 30.2 Å². The van der Waals surface area contributed by atoms with Crippen molar-refractivity contribution in [1.29, 1.82) is 0 Å². The Bertz CT molecular complexity index is 1060. The highest BCUT2D eigenvalue weighted by Crippen LogP contribution is 2.38. The van der Waals surface area contributed by atoms with Crippen LogP contribution in [0.25, 0.3) is 11.0 Å². The second-order valence-electron chi connectivity index (χ2n) is 6.51. The van der Waals surface area contributed by atoms with E-state index in [-0.39, 0.29) is 0 Å². The summed E-state index contributed by atoms with van der Waals surface area (Å²) in [5.41, 5.74) is 1.94. The van der Waals surface area contributed by atoms with Crippen LogP contribution >= 0.6 is 11.6 Å². The molecule has 0 fully saturated rings. The maximum absolute atomic E-state index is 11.9. The quantitative estimate of drug-likeness (QED) is 0.654. The maximum atomic E-state index is 11.9. The third-order valence-electron chi connectivity index (χ3n) is 4.54. The molecule has 7 heteroatoms. The van der Waals surface area contributed by atoms with E-state index in [0.29, 0.717) is 54.2 Å². The second-order valence-corrected chi connectivity index (χ2v) is 6.92. The molecule has 2 aromatic carbocycles. The SMILES string of the molecule is COc1ccc2c(CNCc3cc(Cl)c4c(c3)OCCCO4)cc(=O)oc2c1. The van der Waals surface area contributed by atoms with Crippen molar-refractivity contribution in [3.63, 3.8) is 0 Å². The topological polar surface area (TPSA) is 69.9 Å². The minimum atomic E-state index is -0.392. The zero-order valence-electron chi connectivity index (χ0n) is 15.4. The van der Waals surface area contributed by atoms with Crippen LogP contribution in [0, 0.1) is 0 Å². The van der Waals surface area contributed by atoms with Gasteiger partial charge in [-0.1, -0.05) is 11.6 Å². The Hall–Kier alpha value is -2.70. The molecule has 0 amide bonds. The van der Waals surface area contributed by atoms with E-state index in [1.807, 2.05) is 24.3 Å². The molecule has 0 saturated carbocycles. The highest BCUT2D eigenvalue weighted by Gasteiger charge is 2.15. The van der Waals surface area contributed by atoms with Crippen LogP contribution in [0.15, 0.2) is 45.6 Å². The Morgan fingerprint density at radius 3 is 2.82 bits per heavy atom. The van der Waals surface area contributed by atoms with Gasteiger partial charge < -0.3 is 23.9 Å². The average Bonchev–Trinajstić information content (AvgIpc) is 2.93. The molecule has 1 aliphatic rings. The number of fused-ring (bicyclic) bond motifs is 2. The molecule has 0 unspecified atom stereocenters. The fourth-order valence-corrected chi connectivity index (χ4v) is 3.50. The fourth-order valence-electron chi connectivity index (χ4n) is 3.21. The standard InChI is InChI=1S/C21H20ClNO5/c1-25-15-3-4-16-14(9-20(24)28-18(16)10-15)12-23-11-13-7-17(22)21-19(8-13)26-5-2-6-27-21/h3-4,7-10,23H,2,5-6,11-12H2,1H3. The lowest BCUT2D eigenvalue weighted by atomic mass is 10.1. The molecule has 0 atom stereocenters. The monoisotopic (exact) mass is 401 g/mol. The average molecular weight is 402 g/mol. The second kappa shape index (κ2) is 8.12. The minimum Gasteiger partial charge on any atom is -0.497 e. The van der Waals surface area contributed by atoms with Crippen LogP contribution in [0.1, 0.15) is 17.5 Å². The zero-order chi connectivity index (χ0) is 19.5. The summed E-state index contributed by atoms with van der Waals surface area (Å²) in [6.07, 6.45) is 0.826. The molecule has 1 aliphatic heterocycles. The Labute approximate surface area is 167 Å². The Balaban J connectivity index is 1.52. The first-order valence-electron chi connectivity index (χ1n) is 9.03. The number of nitrogens with one attached hydrogen (secondary N) is 1. The fraction of sp³-hybridized carbons (Fsp3) is 0.286. The number of hydrogen-bond donors (Lipinski definition) is 1. The Morgan fingerprint density at radius 1 is 1.11 bits per heavy atom. The van der Waals surface area contributed by atoms with Crippen molar-refractivity contribution in [3.05, 3.63) is 63.0 Å². The van der Waals surface area contributed by atoms with Gasteiger partial charge >= 0.3 is 5.63 Å². The molecule has 0 aliphatic carbocycles. The van der Waals surface area contributed by atoms with Gasteiger partial charge in [0.2, 0.25) is 0 Å². The van der Waals surface area contributed by atoms with Crippen molar-refractivity contribution < 1.29 is 18.6 Å². The van der Waals surface area contributed by atoms with Crippen molar-refractivity contribution in [2.45, 2.75) is 19.5 Å². The van der Waals surface area contributed by atoms with E-state index >= 15 is 0 Å². The van der Waals surface area contributed by atoms with Crippen LogP contribution < -0.4 is 25.2 Å². The smallest absolute Gasteiger partial charge is 0.336 e. The van der Waals surface area contributed by atoms with Gasteiger partial charge in [0.1, 0.15) is 11.3 Å². The van der Waals surface area contributed by atoms with E-state index in [1.54, 1.807) is 13.2 Å². The summed E-state index contributed by atoms with van der Waals surface area (Å²) < 4.78 is 21.9. The van der Waals surface area contributed by atoms with E-state index in [0.717, 1.165) is 22.9 Å². The van der Waals surface area contributed by atoms with Gasteiger partial charge in [0.15, 0.2) is 11.5 Å². The van der Waals surface area contributed by atoms with Gasteiger partial charge in [-0.15, -0.1) is 0 Å². The first-order chi connectivity index (χ1) is 13.6. The van der Waals surface area contributed by atoms with Crippen LogP contribution in [0.3, 0.4) is 0 Å². The molecule has 0 radical (unpaired) electrons. The lowest BCUT2D eigenvalue weighted by Crippen LogP contribution is -2.15. The van der Waals surface area contributed by atoms with E-state index in [2.05, 4.69) is 5.32 Å². The molecule has 0 spiro atoms. The highest BCUT2D eigenvalue weighted by molar-refractivity contribution is 6.32. The predicted molar refractivity (Wildman–Crippen MR) is 107 cm³/mol. The van der Waals surface area contributed by atoms with Crippen molar-refractivity contribution in [1.82, 2.24) is 5.32 Å². The predicted octanol–water partition coefficient (Wildman–Crippen LogP) is 3.91. The molecular formula is C21H20ClNO5. The zero-order valence-corrected chi connectivity index (χ0v) is 16.2. The van der Waals surface area contributed by atoms with Gasteiger partial charge in [-0.3, -0.25) is 0 Å². The lowest BCUT2D eigenvalue weighted by molar-refractivity contribution is 0.297. The van der Waals surface area contributed by atoms with Crippen LogP contribution in [0.2, 0.25) is 5.02 Å². The minimum absolute atomic E-state index is 0.392. The highest BCUT2D eigenvalue weighted by atomic mass is 35.5. The number of hydrogen-bond acceptors (Lipinski definition) is 6. The van der Waals surface area contributed by atoms with Crippen LogP contribution in [0.4, 0.5) is 0 Å². The van der Waals surface area contributed by atoms with E-state index in [9.17, 15) is 4.79 Å². The number of halogens is 1. The lowest BCUT2D eigenvalue weighted by Gasteiger charge is -2.12. The summed E-state index contributed by atoms with van der Waals surface area (Å²) in [6, 6.07) is 10.7. The summed E-state index contributed by atoms with van der Waals surface area (Å²) in [4.78, 5) is 11.9. The Kier molecular flexibility index (Phi) is 5.41. The van der Waals surface area contributed by atoms with Crippen molar-refractivity contribution in [2.75, 3.05) is 20.3 Å². The van der Waals surface area contributed by atoms with E-state index < -0.39 is 5.63 Å². The molecule has 28 heavy (non-hydrogen) atoms. The molecule has 1 N–H and O–H groups in total. The number of rotatable bonds is 5. The van der Waals surface area contributed by atoms with Crippen molar-refractivity contribution >= 4 is 22.6 Å². The van der Waals surface area contributed by atoms with Gasteiger partial charge in [-0.2, -0.15) is 0 Å². The van der Waals surface area contributed by atoms with Gasteiger partial charge in [-0.25, -0.2) is 4.79 Å².